The second-order valence-electron chi connectivity index (χ2n) is 7.07. The van der Waals surface area contributed by atoms with Crippen LogP contribution in [0.15, 0.2) is 24.3 Å². The zero-order chi connectivity index (χ0) is 21.1. The highest BCUT2D eigenvalue weighted by Gasteiger charge is 2.20. The quantitative estimate of drug-likeness (QED) is 0.428. The smallest absolute Gasteiger partial charge is 0.338 e. The molecule has 8 heteroatoms. The van der Waals surface area contributed by atoms with Gasteiger partial charge in [0.25, 0.3) is 0 Å². The number of rotatable bonds is 8. The normalized spacial score (nSPS) is 12.3. The van der Waals surface area contributed by atoms with E-state index in [9.17, 15) is 9.59 Å². The number of carbonyl (C=O) groups is 2. The zero-order valence-electron chi connectivity index (χ0n) is 17.4. The van der Waals surface area contributed by atoms with E-state index in [0.717, 1.165) is 16.9 Å². The number of ether oxygens (including phenoxy) is 2. The Balaban J connectivity index is 1.70. The lowest BCUT2D eigenvalue weighted by Crippen LogP contribution is -2.17. The lowest BCUT2D eigenvalue weighted by atomic mass is 10.1. The van der Waals surface area contributed by atoms with Crippen LogP contribution in [-0.4, -0.2) is 51.6 Å². The van der Waals surface area contributed by atoms with Crippen LogP contribution in [0.25, 0.3) is 11.0 Å². The van der Waals surface area contributed by atoms with Crippen molar-refractivity contribution in [2.75, 3.05) is 20.3 Å². The standard InChI is InChI=1S/C21H26N4O4/c1-6-24-19-8-7-16(10-18(19)22-23-24)21(27)29-12-20(26)17-9-13(2)25(15(17)4)14(3)11-28-5/h7-10,14H,6,11-12H2,1-5H3/t14-/m1/s1. The van der Waals surface area contributed by atoms with Gasteiger partial charge in [-0.2, -0.15) is 0 Å². The molecule has 0 saturated carbocycles. The summed E-state index contributed by atoms with van der Waals surface area (Å²) in [5, 5.41) is 8.08. The molecular formula is C21H26N4O4. The van der Waals surface area contributed by atoms with Gasteiger partial charge in [-0.1, -0.05) is 5.21 Å². The average molecular weight is 398 g/mol. The van der Waals surface area contributed by atoms with Crippen LogP contribution in [-0.2, 0) is 16.0 Å². The van der Waals surface area contributed by atoms with Crippen molar-refractivity contribution in [2.24, 2.45) is 0 Å². The first-order valence-corrected chi connectivity index (χ1v) is 9.58. The number of nitrogens with zero attached hydrogens (tertiary/aromatic N) is 4. The van der Waals surface area contributed by atoms with E-state index in [1.165, 1.54) is 0 Å². The minimum Gasteiger partial charge on any atom is -0.454 e. The van der Waals surface area contributed by atoms with E-state index in [1.54, 1.807) is 30.0 Å². The first kappa shape index (κ1) is 20.7. The summed E-state index contributed by atoms with van der Waals surface area (Å²) in [7, 11) is 1.65. The Kier molecular flexibility index (Phi) is 6.12. The van der Waals surface area contributed by atoms with Gasteiger partial charge in [0.1, 0.15) is 5.52 Å². The van der Waals surface area contributed by atoms with Gasteiger partial charge in [-0.15, -0.1) is 5.10 Å². The van der Waals surface area contributed by atoms with Crippen molar-refractivity contribution in [1.82, 2.24) is 19.6 Å². The van der Waals surface area contributed by atoms with Gasteiger partial charge >= 0.3 is 5.97 Å². The van der Waals surface area contributed by atoms with Crippen molar-refractivity contribution in [3.63, 3.8) is 0 Å². The number of esters is 1. The van der Waals surface area contributed by atoms with Crippen LogP contribution >= 0.6 is 0 Å². The summed E-state index contributed by atoms with van der Waals surface area (Å²) < 4.78 is 14.3. The molecule has 0 aliphatic rings. The third kappa shape index (κ3) is 4.07. The number of aryl methyl sites for hydroxylation is 2. The highest BCUT2D eigenvalue weighted by atomic mass is 16.5. The molecule has 2 heterocycles. The molecule has 1 atom stereocenters. The van der Waals surface area contributed by atoms with Gasteiger partial charge in [-0.3, -0.25) is 4.79 Å². The Morgan fingerprint density at radius 3 is 2.66 bits per heavy atom. The number of fused-ring (bicyclic) bond motifs is 1. The summed E-state index contributed by atoms with van der Waals surface area (Å²) in [5.74, 6) is -0.798. The molecule has 0 fully saturated rings. The number of hydrogen-bond acceptors (Lipinski definition) is 6. The highest BCUT2D eigenvalue weighted by molar-refractivity contribution is 6.01. The maximum atomic E-state index is 12.7. The van der Waals surface area contributed by atoms with Crippen molar-refractivity contribution < 1.29 is 19.1 Å². The van der Waals surface area contributed by atoms with Crippen LogP contribution in [0.5, 0.6) is 0 Å². The van der Waals surface area contributed by atoms with Crippen LogP contribution in [0.1, 0.15) is 52.0 Å². The summed E-state index contributed by atoms with van der Waals surface area (Å²) in [6.07, 6.45) is 0. The molecule has 0 spiro atoms. The third-order valence-electron chi connectivity index (χ3n) is 5.02. The fourth-order valence-corrected chi connectivity index (χ4v) is 3.68. The first-order chi connectivity index (χ1) is 13.9. The molecule has 29 heavy (non-hydrogen) atoms. The Hall–Kier alpha value is -3.00. The van der Waals surface area contributed by atoms with E-state index in [4.69, 9.17) is 9.47 Å². The molecule has 8 nitrogen and oxygen atoms in total. The summed E-state index contributed by atoms with van der Waals surface area (Å²) >= 11 is 0. The number of benzene rings is 1. The van der Waals surface area contributed by atoms with Gasteiger partial charge < -0.3 is 14.0 Å². The minimum absolute atomic E-state index is 0.104. The van der Waals surface area contributed by atoms with Gasteiger partial charge in [-0.25, -0.2) is 9.48 Å². The van der Waals surface area contributed by atoms with Gasteiger partial charge in [0, 0.05) is 30.6 Å². The van der Waals surface area contributed by atoms with Crippen LogP contribution in [0, 0.1) is 13.8 Å². The molecule has 1 aromatic carbocycles. The van der Waals surface area contributed by atoms with Gasteiger partial charge in [-0.05, 0) is 52.0 Å². The second kappa shape index (κ2) is 8.57. The van der Waals surface area contributed by atoms with E-state index in [-0.39, 0.29) is 18.4 Å². The molecule has 3 rings (SSSR count). The lowest BCUT2D eigenvalue weighted by Gasteiger charge is -2.17. The molecule has 0 N–H and O–H groups in total. The number of carbonyl (C=O) groups excluding carboxylic acids is 2. The Morgan fingerprint density at radius 2 is 1.97 bits per heavy atom. The number of hydrogen-bond donors (Lipinski definition) is 0. The molecule has 0 amide bonds. The second-order valence-corrected chi connectivity index (χ2v) is 7.07. The van der Waals surface area contributed by atoms with Crippen molar-refractivity contribution >= 4 is 22.8 Å². The average Bonchev–Trinajstić information content (AvgIpc) is 3.25. The van der Waals surface area contributed by atoms with Gasteiger partial charge in [0.05, 0.1) is 23.7 Å². The first-order valence-electron chi connectivity index (χ1n) is 9.58. The molecule has 0 radical (unpaired) electrons. The van der Waals surface area contributed by atoms with Crippen molar-refractivity contribution in [1.29, 1.82) is 0 Å². The van der Waals surface area contributed by atoms with E-state index in [0.29, 0.717) is 29.8 Å². The predicted molar refractivity (Wildman–Crippen MR) is 108 cm³/mol. The molecule has 0 bridgehead atoms. The van der Waals surface area contributed by atoms with Crippen LogP contribution in [0.3, 0.4) is 0 Å². The topological polar surface area (TPSA) is 88.2 Å². The molecule has 0 unspecified atom stereocenters. The van der Waals surface area contributed by atoms with Crippen LogP contribution in [0.4, 0.5) is 0 Å². The maximum Gasteiger partial charge on any atom is 0.338 e. The van der Waals surface area contributed by atoms with E-state index >= 15 is 0 Å². The lowest BCUT2D eigenvalue weighted by molar-refractivity contribution is 0.0474. The van der Waals surface area contributed by atoms with Gasteiger partial charge in [0.2, 0.25) is 5.78 Å². The zero-order valence-corrected chi connectivity index (χ0v) is 17.4. The molecule has 154 valence electrons. The molecule has 3 aromatic rings. The van der Waals surface area contributed by atoms with E-state index < -0.39 is 5.97 Å². The maximum absolute atomic E-state index is 12.7. The summed E-state index contributed by atoms with van der Waals surface area (Å²) in [5.41, 5.74) is 4.16. The summed E-state index contributed by atoms with van der Waals surface area (Å²) in [4.78, 5) is 25.1. The SMILES string of the molecule is CCn1nnc2cc(C(=O)OCC(=O)c3cc(C)n([C@H](C)COC)c3C)ccc21. The number of Topliss-reactive ketones (excluding diaryl/α,β-unsaturated/α-hetero) is 1. The largest absolute Gasteiger partial charge is 0.454 e. The number of aromatic nitrogens is 4. The fourth-order valence-electron chi connectivity index (χ4n) is 3.68. The Bertz CT molecular complexity index is 1050. The summed E-state index contributed by atoms with van der Waals surface area (Å²) in [6.45, 7) is 8.75. The van der Waals surface area contributed by atoms with Crippen LogP contribution < -0.4 is 0 Å². The minimum atomic E-state index is -0.562. The number of ketones is 1. The Labute approximate surface area is 169 Å². The fraction of sp³-hybridized carbons (Fsp3) is 0.429. The molecule has 0 aliphatic carbocycles. The molecular weight excluding hydrogens is 372 g/mol. The molecule has 0 saturated heterocycles. The summed E-state index contributed by atoms with van der Waals surface area (Å²) in [6, 6.07) is 6.99. The van der Waals surface area contributed by atoms with Crippen molar-refractivity contribution in [3.05, 3.63) is 46.8 Å². The Morgan fingerprint density at radius 1 is 1.21 bits per heavy atom. The van der Waals surface area contributed by atoms with Crippen LogP contribution in [0.2, 0.25) is 0 Å². The highest BCUT2D eigenvalue weighted by Crippen LogP contribution is 2.21. The van der Waals surface area contributed by atoms with Crippen molar-refractivity contribution in [2.45, 2.75) is 40.3 Å². The van der Waals surface area contributed by atoms with E-state index in [1.807, 2.05) is 33.8 Å². The van der Waals surface area contributed by atoms with Crippen molar-refractivity contribution in [3.8, 4) is 0 Å². The molecule has 2 aromatic heterocycles. The number of methoxy groups -OCH3 is 1. The predicted octanol–water partition coefficient (Wildman–Crippen LogP) is 3.12. The molecule has 0 aliphatic heterocycles. The van der Waals surface area contributed by atoms with Gasteiger partial charge in [0.15, 0.2) is 6.61 Å². The monoisotopic (exact) mass is 398 g/mol. The third-order valence-corrected chi connectivity index (χ3v) is 5.02. The van der Waals surface area contributed by atoms with E-state index in [2.05, 4.69) is 14.9 Å².